The minimum atomic E-state index is -3.72. The maximum absolute atomic E-state index is 11.0. The zero-order valence-corrected chi connectivity index (χ0v) is 17.7. The fraction of sp³-hybridized carbons (Fsp3) is 0.429. The van der Waals surface area contributed by atoms with E-state index in [9.17, 15) is 13.5 Å². The van der Waals surface area contributed by atoms with Gasteiger partial charge in [0.25, 0.3) is 0 Å². The van der Waals surface area contributed by atoms with Crippen LogP contribution in [-0.4, -0.2) is 48.9 Å². The molecule has 3 atom stereocenters. The Labute approximate surface area is 176 Å². The molecular weight excluding hydrogens is 402 g/mol. The van der Waals surface area contributed by atoms with Crippen LogP contribution >= 0.6 is 0 Å². The first-order valence-corrected chi connectivity index (χ1v) is 11.8. The quantitative estimate of drug-likeness (QED) is 0.666. The van der Waals surface area contributed by atoms with E-state index in [1.54, 1.807) is 12.1 Å². The van der Waals surface area contributed by atoms with Gasteiger partial charge in [-0.1, -0.05) is 12.5 Å². The van der Waals surface area contributed by atoms with Crippen LogP contribution < -0.4 is 15.4 Å². The summed E-state index contributed by atoms with van der Waals surface area (Å²) >= 11 is 0. The van der Waals surface area contributed by atoms with Crippen LogP contribution in [0.4, 0.5) is 5.82 Å². The molecule has 1 aromatic heterocycles. The molecule has 3 heterocycles. The second-order valence-electron chi connectivity index (χ2n) is 8.17. The zero-order valence-electron chi connectivity index (χ0n) is 16.9. The molecule has 2 aromatic rings. The van der Waals surface area contributed by atoms with Crippen LogP contribution in [0, 0.1) is 0 Å². The van der Waals surface area contributed by atoms with Gasteiger partial charge < -0.3 is 15.3 Å². The summed E-state index contributed by atoms with van der Waals surface area (Å²) in [5.41, 5.74) is 1.60. The summed E-state index contributed by atoms with van der Waals surface area (Å²) < 4.78 is 22.1. The molecule has 0 unspecified atom stereocenters. The highest BCUT2D eigenvalue weighted by Gasteiger charge is 2.33. The number of nitrogens with one attached hydrogen (secondary N) is 1. The van der Waals surface area contributed by atoms with Gasteiger partial charge in [0.2, 0.25) is 10.0 Å². The summed E-state index contributed by atoms with van der Waals surface area (Å²) in [7, 11) is -1.65. The minimum absolute atomic E-state index is 0.00634. The normalized spacial score (nSPS) is 24.1. The lowest BCUT2D eigenvalue weighted by molar-refractivity contribution is 0.219. The number of hydrogen-bond acceptors (Lipinski definition) is 7. The standard InChI is InChI=1S/C21H27N5O3S/c1-26(17-12-15-3-2-4-16(13-17)23-15)21-8-7-19(24-25-21)18-6-5-14(11-20(18)27)9-10-30(22,28)29/h5-11,15-17,23,27H,2-4,12-13H2,1H3,(H2,22,28,29)/b10-9+/t15-,16+,17+. The van der Waals surface area contributed by atoms with E-state index in [1.807, 2.05) is 12.1 Å². The van der Waals surface area contributed by atoms with Crippen LogP contribution in [0.1, 0.15) is 37.7 Å². The van der Waals surface area contributed by atoms with Crippen molar-refractivity contribution in [2.75, 3.05) is 11.9 Å². The van der Waals surface area contributed by atoms with Gasteiger partial charge in [-0.15, -0.1) is 10.2 Å². The molecule has 2 saturated heterocycles. The van der Waals surface area contributed by atoms with E-state index < -0.39 is 10.0 Å². The summed E-state index contributed by atoms with van der Waals surface area (Å²) in [6, 6.07) is 10.2. The van der Waals surface area contributed by atoms with Crippen molar-refractivity contribution in [2.45, 2.75) is 50.2 Å². The van der Waals surface area contributed by atoms with Gasteiger partial charge in [0.1, 0.15) is 5.75 Å². The number of nitrogens with two attached hydrogens (primary N) is 1. The third-order valence-corrected chi connectivity index (χ3v) is 6.51. The van der Waals surface area contributed by atoms with Gasteiger partial charge in [0.05, 0.1) is 5.69 Å². The Morgan fingerprint density at radius 2 is 1.90 bits per heavy atom. The number of hydrogen-bond donors (Lipinski definition) is 3. The van der Waals surface area contributed by atoms with Crippen molar-refractivity contribution in [1.29, 1.82) is 0 Å². The molecule has 2 bridgehead atoms. The highest BCUT2D eigenvalue weighted by atomic mass is 32.2. The highest BCUT2D eigenvalue weighted by Crippen LogP contribution is 2.32. The van der Waals surface area contributed by atoms with Crippen LogP contribution in [-0.2, 0) is 10.0 Å². The monoisotopic (exact) mass is 429 g/mol. The SMILES string of the molecule is CN(c1ccc(-c2ccc(/C=C/S(N)(=O)=O)cc2O)nn1)[C@H]1C[C@H]2CCC[C@@H](C1)N2. The molecule has 30 heavy (non-hydrogen) atoms. The average molecular weight is 430 g/mol. The van der Waals surface area contributed by atoms with Gasteiger partial charge >= 0.3 is 0 Å². The number of piperidine rings is 2. The first-order chi connectivity index (χ1) is 14.3. The topological polar surface area (TPSA) is 121 Å². The third kappa shape index (κ3) is 4.80. The number of fused-ring (bicyclic) bond motifs is 2. The number of aromatic hydroxyl groups is 1. The van der Waals surface area contributed by atoms with E-state index in [0.29, 0.717) is 34.9 Å². The molecule has 0 aliphatic carbocycles. The maximum Gasteiger partial charge on any atom is 0.231 e. The summed E-state index contributed by atoms with van der Waals surface area (Å²) in [5, 5.41) is 28.6. The number of phenolic OH excluding ortho intramolecular Hbond substituents is 1. The predicted molar refractivity (Wildman–Crippen MR) is 117 cm³/mol. The van der Waals surface area contributed by atoms with Crippen LogP contribution in [0.2, 0.25) is 0 Å². The Bertz CT molecular complexity index is 1030. The summed E-state index contributed by atoms with van der Waals surface area (Å²) in [6.45, 7) is 0. The number of rotatable bonds is 5. The number of phenols is 1. The molecule has 8 nitrogen and oxygen atoms in total. The van der Waals surface area contributed by atoms with E-state index >= 15 is 0 Å². The van der Waals surface area contributed by atoms with Crippen molar-refractivity contribution in [3.8, 4) is 17.0 Å². The summed E-state index contributed by atoms with van der Waals surface area (Å²) in [5.74, 6) is 0.809. The molecule has 2 aliphatic rings. The molecule has 2 fully saturated rings. The molecular formula is C21H27N5O3S. The second kappa shape index (κ2) is 8.33. The largest absolute Gasteiger partial charge is 0.507 e. The van der Waals surface area contributed by atoms with Gasteiger partial charge in [-0.2, -0.15) is 0 Å². The van der Waals surface area contributed by atoms with Crippen molar-refractivity contribution >= 4 is 21.9 Å². The lowest BCUT2D eigenvalue weighted by atomic mass is 9.83. The fourth-order valence-corrected chi connectivity index (χ4v) is 4.78. The first kappa shape index (κ1) is 20.8. The lowest BCUT2D eigenvalue weighted by Crippen LogP contribution is -2.54. The van der Waals surface area contributed by atoms with Gasteiger partial charge in [-0.25, -0.2) is 13.6 Å². The molecule has 0 saturated carbocycles. The number of primary sulfonamides is 1. The van der Waals surface area contributed by atoms with Crippen molar-refractivity contribution in [1.82, 2.24) is 15.5 Å². The highest BCUT2D eigenvalue weighted by molar-refractivity contribution is 7.92. The first-order valence-electron chi connectivity index (χ1n) is 10.2. The molecule has 4 rings (SSSR count). The maximum atomic E-state index is 11.0. The molecule has 0 amide bonds. The summed E-state index contributed by atoms with van der Waals surface area (Å²) in [4.78, 5) is 2.21. The molecule has 9 heteroatoms. The average Bonchev–Trinajstić information content (AvgIpc) is 2.71. The third-order valence-electron chi connectivity index (χ3n) is 6.00. The zero-order chi connectivity index (χ0) is 21.3. The van der Waals surface area contributed by atoms with Crippen molar-refractivity contribution < 1.29 is 13.5 Å². The van der Waals surface area contributed by atoms with Crippen LogP contribution in [0.15, 0.2) is 35.7 Å². The van der Waals surface area contributed by atoms with E-state index in [2.05, 4.69) is 27.5 Å². The van der Waals surface area contributed by atoms with Crippen LogP contribution in [0.25, 0.3) is 17.3 Å². The number of benzene rings is 1. The Morgan fingerprint density at radius 3 is 2.50 bits per heavy atom. The van der Waals surface area contributed by atoms with Gasteiger partial charge in [-0.05, 0) is 61.6 Å². The number of aromatic nitrogens is 2. The van der Waals surface area contributed by atoms with E-state index in [0.717, 1.165) is 24.1 Å². The Kier molecular flexibility index (Phi) is 5.77. The molecule has 160 valence electrons. The molecule has 2 aliphatic heterocycles. The van der Waals surface area contributed by atoms with E-state index in [-0.39, 0.29) is 5.75 Å². The molecule has 1 aromatic carbocycles. The molecule has 0 spiro atoms. The predicted octanol–water partition coefficient (Wildman–Crippen LogP) is 2.22. The molecule has 4 N–H and O–H groups in total. The Hall–Kier alpha value is -2.49. The van der Waals surface area contributed by atoms with Gasteiger partial charge in [0, 0.05) is 36.1 Å². The van der Waals surface area contributed by atoms with Crippen molar-refractivity contribution in [3.63, 3.8) is 0 Å². The number of nitrogens with zero attached hydrogens (tertiary/aromatic N) is 3. The van der Waals surface area contributed by atoms with Crippen molar-refractivity contribution in [3.05, 3.63) is 41.3 Å². The van der Waals surface area contributed by atoms with Crippen LogP contribution in [0.5, 0.6) is 5.75 Å². The Morgan fingerprint density at radius 1 is 1.17 bits per heavy atom. The lowest BCUT2D eigenvalue weighted by Gasteiger charge is -2.43. The smallest absolute Gasteiger partial charge is 0.231 e. The van der Waals surface area contributed by atoms with Crippen LogP contribution in [0.3, 0.4) is 0 Å². The van der Waals surface area contributed by atoms with Gasteiger partial charge in [0.15, 0.2) is 5.82 Å². The number of sulfonamides is 1. The minimum Gasteiger partial charge on any atom is -0.507 e. The molecule has 0 radical (unpaired) electrons. The van der Waals surface area contributed by atoms with Gasteiger partial charge in [-0.3, -0.25) is 0 Å². The van der Waals surface area contributed by atoms with Crippen molar-refractivity contribution in [2.24, 2.45) is 5.14 Å². The van der Waals surface area contributed by atoms with E-state index in [4.69, 9.17) is 5.14 Å². The van der Waals surface area contributed by atoms with E-state index in [1.165, 1.54) is 31.4 Å². The summed E-state index contributed by atoms with van der Waals surface area (Å²) in [6.07, 6.45) is 7.36. The number of anilines is 1. The second-order valence-corrected chi connectivity index (χ2v) is 9.62. The fourth-order valence-electron chi connectivity index (χ4n) is 4.44. The Balaban J connectivity index is 1.49.